The molecule has 0 aliphatic rings. The van der Waals surface area contributed by atoms with Gasteiger partial charge in [-0.15, -0.1) is 0 Å². The lowest BCUT2D eigenvalue weighted by Gasteiger charge is -2.14. The first-order valence-electron chi connectivity index (χ1n) is 6.97. The summed E-state index contributed by atoms with van der Waals surface area (Å²) in [7, 11) is -4.70. The number of hydrogen-bond donors (Lipinski definition) is 0. The van der Waals surface area contributed by atoms with Crippen LogP contribution in [-0.4, -0.2) is 17.9 Å². The van der Waals surface area contributed by atoms with E-state index in [1.807, 2.05) is 0 Å². The van der Waals surface area contributed by atoms with Gasteiger partial charge in [-0.25, -0.2) is 14.2 Å². The van der Waals surface area contributed by atoms with E-state index in [0.29, 0.717) is 19.3 Å². The van der Waals surface area contributed by atoms with Crippen LogP contribution in [0, 0.1) is 0 Å². The first kappa shape index (κ1) is 20.6. The molecule has 0 saturated heterocycles. The quantitative estimate of drug-likeness (QED) is 0.318. The molecule has 0 fully saturated rings. The standard InChI is InChI=1S/C12H21O9P/c1-4-7-10(13)17-20-22(16,19-12(15)9-6-3)21-18-11(14)8-5-2/h4-9H2,1-3H3. The van der Waals surface area contributed by atoms with Crippen LogP contribution in [0.15, 0.2) is 0 Å². The lowest BCUT2D eigenvalue weighted by Crippen LogP contribution is -2.12. The van der Waals surface area contributed by atoms with E-state index in [1.165, 1.54) is 0 Å². The Labute approximate surface area is 128 Å². The molecule has 22 heavy (non-hydrogen) atoms. The number of carbonyl (C=O) groups is 3. The summed E-state index contributed by atoms with van der Waals surface area (Å²) < 4.78 is 25.0. The maximum Gasteiger partial charge on any atom is 0.606 e. The van der Waals surface area contributed by atoms with Crippen LogP contribution in [0.25, 0.3) is 0 Å². The summed E-state index contributed by atoms with van der Waals surface area (Å²) in [6.45, 7) is 5.12. The Bertz CT molecular complexity index is 395. The summed E-state index contributed by atoms with van der Waals surface area (Å²) in [6.07, 6.45) is 1.28. The van der Waals surface area contributed by atoms with Crippen LogP contribution in [0.2, 0.25) is 0 Å². The Morgan fingerprint density at radius 1 is 0.727 bits per heavy atom. The molecule has 0 amide bonds. The average Bonchev–Trinajstić information content (AvgIpc) is 2.44. The van der Waals surface area contributed by atoms with Crippen LogP contribution in [-0.2, 0) is 42.6 Å². The zero-order valence-corrected chi connectivity index (χ0v) is 13.8. The van der Waals surface area contributed by atoms with Crippen molar-refractivity contribution >= 4 is 25.7 Å². The molecular formula is C12H21O9P. The monoisotopic (exact) mass is 340 g/mol. The molecular weight excluding hydrogens is 319 g/mol. The molecule has 0 spiro atoms. The molecule has 0 aromatic heterocycles. The van der Waals surface area contributed by atoms with E-state index < -0.39 is 25.7 Å². The fourth-order valence-corrected chi connectivity index (χ4v) is 1.86. The van der Waals surface area contributed by atoms with Gasteiger partial charge in [-0.2, -0.15) is 0 Å². The topological polar surface area (TPSA) is 114 Å². The minimum atomic E-state index is -4.70. The highest BCUT2D eigenvalue weighted by atomic mass is 31.2. The fraction of sp³-hybridized carbons (Fsp3) is 0.750. The third-order valence-corrected chi connectivity index (χ3v) is 2.96. The van der Waals surface area contributed by atoms with Crippen molar-refractivity contribution in [2.24, 2.45) is 0 Å². The Morgan fingerprint density at radius 2 is 1.09 bits per heavy atom. The summed E-state index contributed by atoms with van der Waals surface area (Å²) in [4.78, 5) is 42.2. The molecule has 0 saturated carbocycles. The van der Waals surface area contributed by atoms with Gasteiger partial charge in [0.15, 0.2) is 0 Å². The zero-order chi connectivity index (χ0) is 17.0. The van der Waals surface area contributed by atoms with Crippen molar-refractivity contribution in [2.45, 2.75) is 59.3 Å². The van der Waals surface area contributed by atoms with Gasteiger partial charge in [-0.05, 0) is 19.3 Å². The number of rotatable bonds is 11. The van der Waals surface area contributed by atoms with Crippen LogP contribution in [0.4, 0.5) is 0 Å². The first-order valence-corrected chi connectivity index (χ1v) is 8.43. The lowest BCUT2D eigenvalue weighted by molar-refractivity contribution is -0.262. The van der Waals surface area contributed by atoms with E-state index in [0.717, 1.165) is 0 Å². The smallest absolute Gasteiger partial charge is 0.367 e. The second-order valence-electron chi connectivity index (χ2n) is 4.22. The highest BCUT2D eigenvalue weighted by Crippen LogP contribution is 2.50. The highest BCUT2D eigenvalue weighted by Gasteiger charge is 2.37. The van der Waals surface area contributed by atoms with E-state index in [2.05, 4.69) is 23.6 Å². The minimum absolute atomic E-state index is 0.00146. The van der Waals surface area contributed by atoms with Gasteiger partial charge < -0.3 is 4.52 Å². The predicted octanol–water partition coefficient (Wildman–Crippen LogP) is 2.99. The summed E-state index contributed by atoms with van der Waals surface area (Å²) in [5.41, 5.74) is 0. The van der Waals surface area contributed by atoms with E-state index in [-0.39, 0.29) is 19.3 Å². The zero-order valence-electron chi connectivity index (χ0n) is 12.9. The maximum atomic E-state index is 12.1. The average molecular weight is 340 g/mol. The van der Waals surface area contributed by atoms with E-state index in [4.69, 9.17) is 0 Å². The Hall–Kier alpha value is -1.44. The molecule has 0 atom stereocenters. The summed E-state index contributed by atoms with van der Waals surface area (Å²) >= 11 is 0. The Kier molecular flexibility index (Phi) is 10.4. The number of hydrogen-bond acceptors (Lipinski definition) is 9. The molecule has 0 heterocycles. The van der Waals surface area contributed by atoms with Gasteiger partial charge in [-0.1, -0.05) is 30.1 Å². The summed E-state index contributed by atoms with van der Waals surface area (Å²) in [5, 5.41) is 0. The van der Waals surface area contributed by atoms with Crippen LogP contribution in [0.5, 0.6) is 0 Å². The molecule has 0 unspecified atom stereocenters. The molecule has 128 valence electrons. The first-order chi connectivity index (χ1) is 10.4. The second kappa shape index (κ2) is 11.2. The third-order valence-electron chi connectivity index (χ3n) is 2.02. The largest absolute Gasteiger partial charge is 0.606 e. The summed E-state index contributed by atoms with van der Waals surface area (Å²) in [5.74, 6) is -2.58. The molecule has 0 radical (unpaired) electrons. The van der Waals surface area contributed by atoms with Crippen molar-refractivity contribution in [3.05, 3.63) is 0 Å². The Morgan fingerprint density at radius 3 is 1.45 bits per heavy atom. The third kappa shape index (κ3) is 9.49. The molecule has 0 aliphatic carbocycles. The van der Waals surface area contributed by atoms with Crippen LogP contribution in [0.3, 0.4) is 0 Å². The minimum Gasteiger partial charge on any atom is -0.367 e. The van der Waals surface area contributed by atoms with Crippen molar-refractivity contribution in [3.63, 3.8) is 0 Å². The maximum absolute atomic E-state index is 12.1. The predicted molar refractivity (Wildman–Crippen MR) is 72.8 cm³/mol. The van der Waals surface area contributed by atoms with E-state index in [1.54, 1.807) is 20.8 Å². The molecule has 9 nitrogen and oxygen atoms in total. The van der Waals surface area contributed by atoms with E-state index >= 15 is 0 Å². The normalized spacial score (nSPS) is 10.9. The van der Waals surface area contributed by atoms with Gasteiger partial charge in [0.2, 0.25) is 0 Å². The molecule has 10 heteroatoms. The lowest BCUT2D eigenvalue weighted by atomic mass is 10.3. The van der Waals surface area contributed by atoms with Gasteiger partial charge in [0.1, 0.15) is 0 Å². The molecule has 0 aromatic rings. The van der Waals surface area contributed by atoms with Gasteiger partial charge in [-0.3, -0.25) is 14.6 Å². The number of carbonyl (C=O) groups excluding carboxylic acids is 3. The molecule has 0 N–H and O–H groups in total. The molecule has 0 bridgehead atoms. The van der Waals surface area contributed by atoms with Crippen LogP contribution >= 0.6 is 7.82 Å². The number of phosphoric acid groups is 1. The van der Waals surface area contributed by atoms with Gasteiger partial charge >= 0.3 is 25.7 Å². The summed E-state index contributed by atoms with van der Waals surface area (Å²) in [6, 6.07) is 0. The molecule has 0 aliphatic heterocycles. The second-order valence-corrected chi connectivity index (χ2v) is 5.60. The van der Waals surface area contributed by atoms with Crippen molar-refractivity contribution in [3.8, 4) is 0 Å². The van der Waals surface area contributed by atoms with Gasteiger partial charge in [0, 0.05) is 19.3 Å². The fourth-order valence-electron chi connectivity index (χ4n) is 1.08. The van der Waals surface area contributed by atoms with Gasteiger partial charge in [0.25, 0.3) is 0 Å². The molecule has 0 rings (SSSR count). The van der Waals surface area contributed by atoms with Crippen LogP contribution in [0.1, 0.15) is 59.3 Å². The molecule has 0 aromatic carbocycles. The van der Waals surface area contributed by atoms with Gasteiger partial charge in [0.05, 0.1) is 0 Å². The van der Waals surface area contributed by atoms with Crippen molar-refractivity contribution in [2.75, 3.05) is 0 Å². The Balaban J connectivity index is 4.66. The van der Waals surface area contributed by atoms with Crippen molar-refractivity contribution in [1.82, 2.24) is 0 Å². The van der Waals surface area contributed by atoms with Crippen LogP contribution < -0.4 is 0 Å². The SMILES string of the molecule is CCCC(=O)OOP(=O)(OOC(=O)CCC)OC(=O)CCC. The highest BCUT2D eigenvalue weighted by molar-refractivity contribution is 7.48. The van der Waals surface area contributed by atoms with E-state index in [9.17, 15) is 18.9 Å². The van der Waals surface area contributed by atoms with Crippen molar-refractivity contribution in [1.29, 1.82) is 0 Å². The van der Waals surface area contributed by atoms with Crippen molar-refractivity contribution < 1.29 is 42.6 Å².